The lowest BCUT2D eigenvalue weighted by Gasteiger charge is -2.24. The quantitative estimate of drug-likeness (QED) is 0.397. The van der Waals surface area contributed by atoms with E-state index in [1.807, 2.05) is 11.6 Å². The number of hydrogen-bond acceptors (Lipinski definition) is 3. The van der Waals surface area contributed by atoms with E-state index in [1.54, 1.807) is 0 Å². The molecular weight excluding hydrogens is 129 g/mol. The molecule has 0 saturated carbocycles. The molecule has 56 valence electrons. The minimum atomic E-state index is -0.301. The first-order chi connectivity index (χ1) is 4.77. The van der Waals surface area contributed by atoms with E-state index in [0.717, 1.165) is 19.5 Å². The minimum Gasteiger partial charge on any atom is -0.437 e. The van der Waals surface area contributed by atoms with Crippen molar-refractivity contribution >= 4 is 7.05 Å². The second-order valence-electron chi connectivity index (χ2n) is 3.13. The van der Waals surface area contributed by atoms with Gasteiger partial charge in [-0.2, -0.15) is 0 Å². The maximum Gasteiger partial charge on any atom is 0.376 e. The van der Waals surface area contributed by atoms with Crippen molar-refractivity contribution in [1.29, 1.82) is 0 Å². The van der Waals surface area contributed by atoms with Gasteiger partial charge in [-0.15, -0.1) is 0 Å². The predicted molar refractivity (Wildman–Crippen MR) is 38.7 cm³/mol. The van der Waals surface area contributed by atoms with Crippen molar-refractivity contribution in [2.45, 2.75) is 25.5 Å². The summed E-state index contributed by atoms with van der Waals surface area (Å²) in [5.41, 5.74) is 0. The molecule has 0 aromatic rings. The molecule has 0 radical (unpaired) electrons. The van der Waals surface area contributed by atoms with Gasteiger partial charge in [0.25, 0.3) is 0 Å². The van der Waals surface area contributed by atoms with E-state index in [9.17, 15) is 5.02 Å². The average Bonchev–Trinajstić information content (AvgIpc) is 2.63. The first-order valence-corrected chi connectivity index (χ1v) is 3.85. The topological polar surface area (TPSA) is 36.0 Å². The fourth-order valence-electron chi connectivity index (χ4n) is 1.55. The van der Waals surface area contributed by atoms with Gasteiger partial charge in [-0.1, -0.05) is 0 Å². The van der Waals surface area contributed by atoms with Crippen LogP contribution in [-0.2, 0) is 4.74 Å². The van der Waals surface area contributed by atoms with Gasteiger partial charge in [0.2, 0.25) is 0 Å². The summed E-state index contributed by atoms with van der Waals surface area (Å²) in [6.45, 7) is 3.71. The van der Waals surface area contributed by atoms with Gasteiger partial charge >= 0.3 is 7.05 Å². The van der Waals surface area contributed by atoms with Gasteiger partial charge in [-0.25, -0.2) is 0 Å². The number of epoxide rings is 1. The van der Waals surface area contributed by atoms with Crippen LogP contribution in [0.5, 0.6) is 0 Å². The fourth-order valence-corrected chi connectivity index (χ4v) is 1.55. The lowest BCUT2D eigenvalue weighted by molar-refractivity contribution is 0.328. The summed E-state index contributed by atoms with van der Waals surface area (Å²) >= 11 is 0. The highest BCUT2D eigenvalue weighted by molar-refractivity contribution is 6.45. The number of nitrogens with zero attached hydrogens (tertiary/aromatic N) is 1. The van der Waals surface area contributed by atoms with Crippen LogP contribution in [0, 0.1) is 0 Å². The molecule has 2 aliphatic rings. The zero-order chi connectivity index (χ0) is 7.14. The minimum absolute atomic E-state index is 0.301. The number of rotatable bonds is 1. The standard InChI is InChI=1S/C6H12BNO2/c1-7(9)8-3-2-5-6(4-8)10-5/h5-6,9H,2-4H2,1H3. The monoisotopic (exact) mass is 141 g/mol. The predicted octanol–water partition coefficient (Wildman–Crippen LogP) is -0.430. The number of fused-ring (bicyclic) bond motifs is 1. The maximum atomic E-state index is 9.18. The molecule has 0 amide bonds. The second kappa shape index (κ2) is 2.22. The first-order valence-electron chi connectivity index (χ1n) is 3.85. The molecule has 2 heterocycles. The van der Waals surface area contributed by atoms with Crippen LogP contribution in [-0.4, -0.2) is 42.2 Å². The van der Waals surface area contributed by atoms with E-state index in [4.69, 9.17) is 4.74 Å². The first kappa shape index (κ1) is 6.64. The molecule has 0 aromatic heterocycles. The maximum absolute atomic E-state index is 9.18. The van der Waals surface area contributed by atoms with E-state index in [-0.39, 0.29) is 7.05 Å². The van der Waals surface area contributed by atoms with Crippen molar-refractivity contribution in [3.8, 4) is 0 Å². The van der Waals surface area contributed by atoms with Crippen LogP contribution < -0.4 is 0 Å². The molecule has 2 fully saturated rings. The molecule has 2 unspecified atom stereocenters. The van der Waals surface area contributed by atoms with Crippen molar-refractivity contribution < 1.29 is 9.76 Å². The number of hydrogen-bond donors (Lipinski definition) is 1. The average molecular weight is 141 g/mol. The molecule has 2 atom stereocenters. The highest BCUT2D eigenvalue weighted by Gasteiger charge is 2.44. The van der Waals surface area contributed by atoms with Crippen LogP contribution >= 0.6 is 0 Å². The third-order valence-corrected chi connectivity index (χ3v) is 2.33. The summed E-state index contributed by atoms with van der Waals surface area (Å²) < 4.78 is 5.31. The molecule has 0 spiro atoms. The molecule has 2 aliphatic heterocycles. The van der Waals surface area contributed by atoms with E-state index in [2.05, 4.69) is 0 Å². The summed E-state index contributed by atoms with van der Waals surface area (Å²) in [5, 5.41) is 9.18. The van der Waals surface area contributed by atoms with E-state index in [0.29, 0.717) is 12.2 Å². The molecule has 0 bridgehead atoms. The summed E-state index contributed by atoms with van der Waals surface area (Å²) in [7, 11) is -0.301. The molecule has 0 aromatic carbocycles. The fraction of sp³-hybridized carbons (Fsp3) is 1.00. The van der Waals surface area contributed by atoms with E-state index in [1.165, 1.54) is 0 Å². The Morgan fingerprint density at radius 3 is 3.00 bits per heavy atom. The number of piperidine rings is 1. The summed E-state index contributed by atoms with van der Waals surface area (Å²) in [6.07, 6.45) is 2.05. The Morgan fingerprint density at radius 1 is 1.60 bits per heavy atom. The molecular formula is C6H12BNO2. The highest BCUT2D eigenvalue weighted by Crippen LogP contribution is 2.30. The zero-order valence-electron chi connectivity index (χ0n) is 6.16. The Morgan fingerprint density at radius 2 is 2.40 bits per heavy atom. The molecule has 0 aliphatic carbocycles. The van der Waals surface area contributed by atoms with Gasteiger partial charge in [0, 0.05) is 6.54 Å². The molecule has 2 saturated heterocycles. The molecule has 3 nitrogen and oxygen atoms in total. The van der Waals surface area contributed by atoms with Crippen molar-refractivity contribution in [2.75, 3.05) is 13.1 Å². The lowest BCUT2D eigenvalue weighted by atomic mass is 9.83. The molecule has 10 heavy (non-hydrogen) atoms. The van der Waals surface area contributed by atoms with Crippen LogP contribution in [0.3, 0.4) is 0 Å². The highest BCUT2D eigenvalue weighted by atomic mass is 16.6. The van der Waals surface area contributed by atoms with Gasteiger partial charge in [0.1, 0.15) is 0 Å². The van der Waals surface area contributed by atoms with Crippen molar-refractivity contribution in [3.05, 3.63) is 0 Å². The van der Waals surface area contributed by atoms with Crippen LogP contribution in [0.2, 0.25) is 6.82 Å². The lowest BCUT2D eigenvalue weighted by Crippen LogP contribution is -2.43. The molecule has 2 rings (SSSR count). The van der Waals surface area contributed by atoms with Crippen molar-refractivity contribution in [1.82, 2.24) is 4.81 Å². The molecule has 4 heteroatoms. The smallest absolute Gasteiger partial charge is 0.376 e. The van der Waals surface area contributed by atoms with E-state index < -0.39 is 0 Å². The third kappa shape index (κ3) is 1.07. The van der Waals surface area contributed by atoms with Crippen LogP contribution in [0.15, 0.2) is 0 Å². The Hall–Kier alpha value is -0.0551. The largest absolute Gasteiger partial charge is 0.437 e. The van der Waals surface area contributed by atoms with Crippen molar-refractivity contribution in [2.24, 2.45) is 0 Å². The Kier molecular flexibility index (Phi) is 1.48. The van der Waals surface area contributed by atoms with Gasteiger partial charge in [0.05, 0.1) is 12.2 Å². The normalized spacial score (nSPS) is 39.0. The van der Waals surface area contributed by atoms with E-state index >= 15 is 0 Å². The Balaban J connectivity index is 1.88. The number of ether oxygens (including phenoxy) is 1. The molecule has 1 N–H and O–H groups in total. The summed E-state index contributed by atoms with van der Waals surface area (Å²) in [6, 6.07) is 0. The van der Waals surface area contributed by atoms with Gasteiger partial charge < -0.3 is 14.6 Å². The van der Waals surface area contributed by atoms with Gasteiger partial charge in [0.15, 0.2) is 0 Å². The SMILES string of the molecule is CB(O)N1CCC2OC2C1. The summed E-state index contributed by atoms with van der Waals surface area (Å²) in [4.78, 5) is 2.05. The Bertz CT molecular complexity index is 142. The van der Waals surface area contributed by atoms with Gasteiger partial charge in [-0.05, 0) is 19.8 Å². The Labute approximate surface area is 61.1 Å². The third-order valence-electron chi connectivity index (χ3n) is 2.33. The van der Waals surface area contributed by atoms with Crippen LogP contribution in [0.1, 0.15) is 6.42 Å². The summed E-state index contributed by atoms with van der Waals surface area (Å²) in [5.74, 6) is 0. The second-order valence-corrected chi connectivity index (χ2v) is 3.13. The van der Waals surface area contributed by atoms with Crippen LogP contribution in [0.4, 0.5) is 0 Å². The van der Waals surface area contributed by atoms with Gasteiger partial charge in [-0.3, -0.25) is 0 Å². The van der Waals surface area contributed by atoms with Crippen molar-refractivity contribution in [3.63, 3.8) is 0 Å². The van der Waals surface area contributed by atoms with Crippen LogP contribution in [0.25, 0.3) is 0 Å². The zero-order valence-corrected chi connectivity index (χ0v) is 6.16.